The summed E-state index contributed by atoms with van der Waals surface area (Å²) in [6.07, 6.45) is -3.52. The lowest BCUT2D eigenvalue weighted by Crippen LogP contribution is -2.50. The fourth-order valence-corrected chi connectivity index (χ4v) is 1.24. The molecule has 0 aromatic rings. The smallest absolute Gasteiger partial charge is 0.312 e. The molecule has 0 spiro atoms. The molecule has 1 saturated heterocycles. The molecule has 0 radical (unpaired) electrons. The van der Waals surface area contributed by atoms with Crippen molar-refractivity contribution in [3.8, 4) is 0 Å². The lowest BCUT2D eigenvalue weighted by molar-refractivity contribution is -0.132. The number of amides is 2. The van der Waals surface area contributed by atoms with Gasteiger partial charge < -0.3 is 31.1 Å². The molecule has 1 aliphatic heterocycles. The molecule has 2 amide bonds. The van der Waals surface area contributed by atoms with Crippen molar-refractivity contribution in [2.75, 3.05) is 6.61 Å². The Kier molecular flexibility index (Phi) is 3.04. The van der Waals surface area contributed by atoms with Gasteiger partial charge in [-0.2, -0.15) is 0 Å². The molecular weight excluding hydrogens is 180 g/mol. The van der Waals surface area contributed by atoms with Crippen molar-refractivity contribution in [1.82, 2.24) is 5.32 Å². The third kappa shape index (κ3) is 2.07. The summed E-state index contributed by atoms with van der Waals surface area (Å²) in [6.45, 7) is -0.418. The molecule has 0 aliphatic carbocycles. The molecule has 4 unspecified atom stereocenters. The van der Waals surface area contributed by atoms with E-state index in [2.05, 4.69) is 5.32 Å². The van der Waals surface area contributed by atoms with Gasteiger partial charge in [0.05, 0.1) is 12.6 Å². The predicted molar refractivity (Wildman–Crippen MR) is 40.5 cm³/mol. The first-order valence-corrected chi connectivity index (χ1v) is 3.74. The van der Waals surface area contributed by atoms with E-state index >= 15 is 0 Å². The lowest BCUT2D eigenvalue weighted by atomic mass is 10.1. The van der Waals surface area contributed by atoms with Crippen molar-refractivity contribution < 1.29 is 24.9 Å². The highest BCUT2D eigenvalue weighted by atomic mass is 16.6. The van der Waals surface area contributed by atoms with E-state index in [-0.39, 0.29) is 0 Å². The van der Waals surface area contributed by atoms with Crippen LogP contribution in [0.25, 0.3) is 0 Å². The highest BCUT2D eigenvalue weighted by Crippen LogP contribution is 2.18. The summed E-state index contributed by atoms with van der Waals surface area (Å²) in [5.41, 5.74) is 4.82. The van der Waals surface area contributed by atoms with Gasteiger partial charge in [0.15, 0.2) is 6.29 Å². The van der Waals surface area contributed by atoms with Gasteiger partial charge >= 0.3 is 6.03 Å². The molecule has 1 heterocycles. The van der Waals surface area contributed by atoms with E-state index in [0.717, 1.165) is 0 Å². The summed E-state index contributed by atoms with van der Waals surface area (Å²) in [5.74, 6) is 0. The number of rotatable bonds is 2. The quantitative estimate of drug-likeness (QED) is 0.321. The van der Waals surface area contributed by atoms with E-state index in [0.29, 0.717) is 0 Å². The SMILES string of the molecule is NC(=O)NC1C(CO)OC(O)C1O. The van der Waals surface area contributed by atoms with Crippen molar-refractivity contribution in [1.29, 1.82) is 0 Å². The Morgan fingerprint density at radius 1 is 1.54 bits per heavy atom. The van der Waals surface area contributed by atoms with Gasteiger partial charge in [-0.05, 0) is 0 Å². The Balaban J connectivity index is 2.62. The predicted octanol–water partition coefficient (Wildman–Crippen LogP) is -2.91. The van der Waals surface area contributed by atoms with Crippen LogP contribution in [0.15, 0.2) is 0 Å². The summed E-state index contributed by atoms with van der Waals surface area (Å²) >= 11 is 0. The standard InChI is InChI=1S/C6H12N2O5/c7-6(12)8-3-2(1-9)13-5(11)4(3)10/h2-5,9-11H,1H2,(H3,7,8,12). The molecule has 1 rings (SSSR count). The van der Waals surface area contributed by atoms with Gasteiger partial charge in [-0.15, -0.1) is 0 Å². The maximum Gasteiger partial charge on any atom is 0.312 e. The fraction of sp³-hybridized carbons (Fsp3) is 0.833. The molecule has 0 aromatic carbocycles. The minimum Gasteiger partial charge on any atom is -0.394 e. The van der Waals surface area contributed by atoms with Gasteiger partial charge in [-0.3, -0.25) is 0 Å². The molecule has 0 saturated carbocycles. The van der Waals surface area contributed by atoms with E-state index in [1.165, 1.54) is 0 Å². The summed E-state index contributed by atoms with van der Waals surface area (Å²) in [4.78, 5) is 10.5. The van der Waals surface area contributed by atoms with Crippen molar-refractivity contribution >= 4 is 6.03 Å². The number of aliphatic hydroxyl groups excluding tert-OH is 3. The first-order chi connectivity index (χ1) is 6.06. The van der Waals surface area contributed by atoms with Gasteiger partial charge in [0.25, 0.3) is 0 Å². The van der Waals surface area contributed by atoms with Gasteiger partial charge in [-0.25, -0.2) is 4.79 Å². The minimum absolute atomic E-state index is 0.418. The first kappa shape index (κ1) is 10.2. The van der Waals surface area contributed by atoms with Crippen LogP contribution in [-0.4, -0.2) is 52.5 Å². The van der Waals surface area contributed by atoms with Gasteiger partial charge in [0.1, 0.15) is 12.2 Å². The van der Waals surface area contributed by atoms with Crippen LogP contribution in [0.4, 0.5) is 4.79 Å². The molecule has 4 atom stereocenters. The molecule has 1 aliphatic rings. The van der Waals surface area contributed by atoms with E-state index in [4.69, 9.17) is 20.7 Å². The van der Waals surface area contributed by atoms with Crippen molar-refractivity contribution in [2.45, 2.75) is 24.5 Å². The number of primary amides is 1. The maximum absolute atomic E-state index is 10.5. The largest absolute Gasteiger partial charge is 0.394 e. The monoisotopic (exact) mass is 192 g/mol. The Bertz CT molecular complexity index is 199. The van der Waals surface area contributed by atoms with Crippen molar-refractivity contribution in [3.05, 3.63) is 0 Å². The van der Waals surface area contributed by atoms with Crippen LogP contribution in [0.1, 0.15) is 0 Å². The summed E-state index contributed by atoms with van der Waals surface area (Å²) in [6, 6.07) is -1.72. The van der Waals surface area contributed by atoms with Gasteiger partial charge in [0, 0.05) is 0 Å². The zero-order valence-electron chi connectivity index (χ0n) is 6.75. The second-order valence-corrected chi connectivity index (χ2v) is 2.77. The zero-order chi connectivity index (χ0) is 10.0. The molecule has 7 nitrogen and oxygen atoms in total. The maximum atomic E-state index is 10.5. The number of hydrogen-bond acceptors (Lipinski definition) is 5. The average Bonchev–Trinajstić information content (AvgIpc) is 2.31. The van der Waals surface area contributed by atoms with E-state index in [1.807, 2.05) is 0 Å². The van der Waals surface area contributed by atoms with Gasteiger partial charge in [0.2, 0.25) is 0 Å². The summed E-state index contributed by atoms with van der Waals surface area (Å²) in [5, 5.41) is 29.2. The molecule has 0 aromatic heterocycles. The van der Waals surface area contributed by atoms with E-state index < -0.39 is 37.2 Å². The van der Waals surface area contributed by atoms with E-state index in [1.54, 1.807) is 0 Å². The summed E-state index contributed by atoms with van der Waals surface area (Å²) < 4.78 is 4.72. The Morgan fingerprint density at radius 3 is 2.62 bits per heavy atom. The molecule has 76 valence electrons. The van der Waals surface area contributed by atoms with Crippen LogP contribution >= 0.6 is 0 Å². The van der Waals surface area contributed by atoms with Crippen LogP contribution in [0, 0.1) is 0 Å². The second kappa shape index (κ2) is 3.88. The summed E-state index contributed by atoms with van der Waals surface area (Å²) in [7, 11) is 0. The van der Waals surface area contributed by atoms with Crippen molar-refractivity contribution in [3.63, 3.8) is 0 Å². The normalized spacial score (nSPS) is 39.0. The number of carbonyl (C=O) groups is 1. The molecule has 0 bridgehead atoms. The van der Waals surface area contributed by atoms with Crippen LogP contribution in [0.2, 0.25) is 0 Å². The van der Waals surface area contributed by atoms with Crippen LogP contribution < -0.4 is 11.1 Å². The minimum atomic E-state index is -1.41. The van der Waals surface area contributed by atoms with E-state index in [9.17, 15) is 9.90 Å². The highest BCUT2D eigenvalue weighted by molar-refractivity contribution is 5.72. The Morgan fingerprint density at radius 2 is 2.15 bits per heavy atom. The second-order valence-electron chi connectivity index (χ2n) is 2.77. The van der Waals surface area contributed by atoms with Gasteiger partial charge in [-0.1, -0.05) is 0 Å². The average molecular weight is 192 g/mol. The highest BCUT2D eigenvalue weighted by Gasteiger charge is 2.43. The van der Waals surface area contributed by atoms with Crippen molar-refractivity contribution in [2.24, 2.45) is 5.73 Å². The first-order valence-electron chi connectivity index (χ1n) is 3.74. The number of urea groups is 1. The Hall–Kier alpha value is -0.890. The molecule has 7 heteroatoms. The van der Waals surface area contributed by atoms with Crippen LogP contribution in [-0.2, 0) is 4.74 Å². The molecule has 1 fully saturated rings. The van der Waals surface area contributed by atoms with Crippen LogP contribution in [0.3, 0.4) is 0 Å². The number of ether oxygens (including phenoxy) is 1. The molecular formula is C6H12N2O5. The lowest BCUT2D eigenvalue weighted by Gasteiger charge is -2.18. The Labute approximate surface area is 74.1 Å². The molecule has 13 heavy (non-hydrogen) atoms. The molecule has 6 N–H and O–H groups in total. The number of carbonyl (C=O) groups excluding carboxylic acids is 1. The number of nitrogens with two attached hydrogens (primary N) is 1. The van der Waals surface area contributed by atoms with Crippen LogP contribution in [0.5, 0.6) is 0 Å². The third-order valence-corrected chi connectivity index (χ3v) is 1.86. The topological polar surface area (TPSA) is 125 Å². The third-order valence-electron chi connectivity index (χ3n) is 1.86. The fourth-order valence-electron chi connectivity index (χ4n) is 1.24. The number of aliphatic hydroxyl groups is 3. The zero-order valence-corrected chi connectivity index (χ0v) is 6.75. The number of nitrogens with one attached hydrogen (secondary N) is 1. The number of hydrogen-bond donors (Lipinski definition) is 5.